The highest BCUT2D eigenvalue weighted by Gasteiger charge is 2.17. The summed E-state index contributed by atoms with van der Waals surface area (Å²) in [6, 6.07) is 9.07. The number of carboxylic acid groups (broad SMARTS) is 1. The van der Waals surface area contributed by atoms with E-state index < -0.39 is 30.2 Å². The van der Waals surface area contributed by atoms with E-state index in [1.165, 1.54) is 5.01 Å². The molecule has 0 atom stereocenters. The Kier molecular flexibility index (Phi) is 7.83. The van der Waals surface area contributed by atoms with Gasteiger partial charge in [-0.25, -0.2) is 9.80 Å². The third-order valence-electron chi connectivity index (χ3n) is 2.58. The minimum atomic E-state index is -1.09. The lowest BCUT2D eigenvalue weighted by molar-refractivity contribution is -0.142. The lowest BCUT2D eigenvalue weighted by Crippen LogP contribution is -2.46. The van der Waals surface area contributed by atoms with Gasteiger partial charge in [-0.2, -0.15) is 5.48 Å². The summed E-state index contributed by atoms with van der Waals surface area (Å²) in [5, 5.41) is 10.2. The Balaban J connectivity index is 2.44. The fourth-order valence-corrected chi connectivity index (χ4v) is 1.77. The van der Waals surface area contributed by atoms with Crippen LogP contribution >= 0.6 is 0 Å². The minimum Gasteiger partial charge on any atom is -0.480 e. The van der Waals surface area contributed by atoms with Gasteiger partial charge >= 0.3 is 12.1 Å². The number of hydroxylamine groups is 1. The van der Waals surface area contributed by atoms with Gasteiger partial charge in [0.1, 0.15) is 12.1 Å². The van der Waals surface area contributed by atoms with Crippen LogP contribution in [0.15, 0.2) is 30.3 Å². The number of hydrazine groups is 1. The molecule has 3 N–H and O–H groups in total. The Morgan fingerprint density at radius 2 is 1.80 bits per heavy atom. The number of amides is 2. The van der Waals surface area contributed by atoms with Crippen LogP contribution in [-0.2, 0) is 25.7 Å². The molecule has 0 saturated carbocycles. The van der Waals surface area contributed by atoms with Crippen molar-refractivity contribution >= 4 is 18.0 Å². The number of ether oxygens (including phenoxy) is 1. The van der Waals surface area contributed by atoms with Crippen molar-refractivity contribution in [2.45, 2.75) is 32.9 Å². The summed E-state index contributed by atoms with van der Waals surface area (Å²) in [5.41, 5.74) is 4.53. The first-order valence-electron chi connectivity index (χ1n) is 7.56. The van der Waals surface area contributed by atoms with Crippen molar-refractivity contribution in [1.82, 2.24) is 15.9 Å². The summed E-state index contributed by atoms with van der Waals surface area (Å²) >= 11 is 0. The molecule has 2 amide bonds. The van der Waals surface area contributed by atoms with E-state index in [-0.39, 0.29) is 13.1 Å². The minimum absolute atomic E-state index is 0.207. The van der Waals surface area contributed by atoms with Gasteiger partial charge in [0.2, 0.25) is 0 Å². The Morgan fingerprint density at radius 1 is 1.16 bits per heavy atom. The van der Waals surface area contributed by atoms with E-state index in [4.69, 9.17) is 14.7 Å². The van der Waals surface area contributed by atoms with Gasteiger partial charge in [0.25, 0.3) is 5.91 Å². The normalized spacial score (nSPS) is 11.0. The molecule has 0 saturated heterocycles. The molecule has 9 heteroatoms. The number of carbonyl (C=O) groups is 3. The first kappa shape index (κ1) is 20.4. The van der Waals surface area contributed by atoms with Gasteiger partial charge in [-0.1, -0.05) is 30.3 Å². The average molecular weight is 353 g/mol. The van der Waals surface area contributed by atoms with Crippen LogP contribution in [0.2, 0.25) is 0 Å². The molecule has 0 fully saturated rings. The summed E-state index contributed by atoms with van der Waals surface area (Å²) in [5.74, 6) is -1.71. The maximum Gasteiger partial charge on any atom is 0.431 e. The summed E-state index contributed by atoms with van der Waals surface area (Å²) in [6.45, 7) is 4.38. The number of aliphatic carboxylic acids is 1. The lowest BCUT2D eigenvalue weighted by Gasteiger charge is -2.22. The molecule has 0 aliphatic rings. The fourth-order valence-electron chi connectivity index (χ4n) is 1.77. The van der Waals surface area contributed by atoms with E-state index in [0.29, 0.717) is 0 Å². The number of benzene rings is 1. The number of hydrogen-bond acceptors (Lipinski definition) is 6. The fraction of sp³-hybridized carbons (Fsp3) is 0.438. The molecule has 9 nitrogen and oxygen atoms in total. The quantitative estimate of drug-likeness (QED) is 0.598. The molecule has 0 unspecified atom stereocenters. The van der Waals surface area contributed by atoms with E-state index in [1.807, 2.05) is 35.8 Å². The van der Waals surface area contributed by atoms with Crippen molar-refractivity contribution in [1.29, 1.82) is 0 Å². The number of nitrogens with zero attached hydrogens (tertiary/aromatic N) is 1. The molecule has 0 aliphatic carbocycles. The summed E-state index contributed by atoms with van der Waals surface area (Å²) in [4.78, 5) is 38.9. The molecule has 0 spiro atoms. The first-order chi connectivity index (χ1) is 11.7. The first-order valence-corrected chi connectivity index (χ1v) is 7.56. The SMILES string of the molecule is CC(C)(C)OC(=O)NOCC(=O)NN(CC(=O)O)Cc1ccccc1. The number of rotatable bonds is 8. The van der Waals surface area contributed by atoms with Crippen molar-refractivity contribution in [2.75, 3.05) is 13.2 Å². The maximum absolute atomic E-state index is 11.8. The smallest absolute Gasteiger partial charge is 0.431 e. The average Bonchev–Trinajstić information content (AvgIpc) is 2.45. The molecule has 1 aromatic rings. The van der Waals surface area contributed by atoms with Crippen LogP contribution in [0, 0.1) is 0 Å². The predicted octanol–water partition coefficient (Wildman–Crippen LogP) is 1.06. The monoisotopic (exact) mass is 353 g/mol. The second-order valence-corrected chi connectivity index (χ2v) is 6.16. The molecular formula is C16H23N3O6. The van der Waals surface area contributed by atoms with E-state index in [9.17, 15) is 14.4 Å². The molecule has 0 heterocycles. The number of carbonyl (C=O) groups excluding carboxylic acids is 2. The van der Waals surface area contributed by atoms with Crippen molar-refractivity contribution in [2.24, 2.45) is 0 Å². The maximum atomic E-state index is 11.8. The third kappa shape index (κ3) is 9.95. The number of carboxylic acids is 1. The van der Waals surface area contributed by atoms with Crippen LogP contribution in [0.3, 0.4) is 0 Å². The highest BCUT2D eigenvalue weighted by atomic mass is 16.7. The van der Waals surface area contributed by atoms with Gasteiger partial charge in [-0.05, 0) is 26.3 Å². The Labute approximate surface area is 145 Å². The molecule has 25 heavy (non-hydrogen) atoms. The standard InChI is InChI=1S/C16H23N3O6/c1-16(2,3)25-15(23)18-24-11-13(20)17-19(10-14(21)22)9-12-7-5-4-6-8-12/h4-8H,9-11H2,1-3H3,(H,17,20)(H,18,23)(H,21,22). The summed E-state index contributed by atoms with van der Waals surface area (Å²) in [7, 11) is 0. The zero-order chi connectivity index (χ0) is 18.9. The van der Waals surface area contributed by atoms with E-state index in [0.717, 1.165) is 5.56 Å². The molecule has 0 aromatic heterocycles. The van der Waals surface area contributed by atoms with Crippen LogP contribution in [0.25, 0.3) is 0 Å². The van der Waals surface area contributed by atoms with Crippen LogP contribution in [0.4, 0.5) is 4.79 Å². The highest BCUT2D eigenvalue weighted by molar-refractivity contribution is 5.77. The highest BCUT2D eigenvalue weighted by Crippen LogP contribution is 2.06. The second-order valence-electron chi connectivity index (χ2n) is 6.16. The third-order valence-corrected chi connectivity index (χ3v) is 2.58. The van der Waals surface area contributed by atoms with Crippen molar-refractivity contribution in [3.05, 3.63) is 35.9 Å². The Hall–Kier alpha value is -2.65. The molecule has 0 radical (unpaired) electrons. The number of nitrogens with one attached hydrogen (secondary N) is 2. The Bertz CT molecular complexity index is 585. The molecule has 1 aromatic carbocycles. The van der Waals surface area contributed by atoms with E-state index in [1.54, 1.807) is 20.8 Å². The molecular weight excluding hydrogens is 330 g/mol. The topological polar surface area (TPSA) is 117 Å². The van der Waals surface area contributed by atoms with E-state index in [2.05, 4.69) is 5.43 Å². The molecule has 138 valence electrons. The molecule has 0 bridgehead atoms. The van der Waals surface area contributed by atoms with E-state index >= 15 is 0 Å². The largest absolute Gasteiger partial charge is 0.480 e. The summed E-state index contributed by atoms with van der Waals surface area (Å²) in [6.07, 6.45) is -0.827. The second kappa shape index (κ2) is 9.60. The van der Waals surface area contributed by atoms with Crippen molar-refractivity contribution in [3.63, 3.8) is 0 Å². The van der Waals surface area contributed by atoms with Gasteiger partial charge in [0, 0.05) is 6.54 Å². The van der Waals surface area contributed by atoms with Gasteiger partial charge in [-0.15, -0.1) is 0 Å². The number of hydrogen-bond donors (Lipinski definition) is 3. The van der Waals surface area contributed by atoms with Gasteiger partial charge in [-0.3, -0.25) is 19.9 Å². The van der Waals surface area contributed by atoms with Crippen molar-refractivity contribution in [3.8, 4) is 0 Å². The van der Waals surface area contributed by atoms with Gasteiger partial charge in [0.15, 0.2) is 6.61 Å². The van der Waals surface area contributed by atoms with Crippen molar-refractivity contribution < 1.29 is 29.1 Å². The Morgan fingerprint density at radius 3 is 2.36 bits per heavy atom. The van der Waals surface area contributed by atoms with Crippen LogP contribution in [0.5, 0.6) is 0 Å². The summed E-state index contributed by atoms with van der Waals surface area (Å²) < 4.78 is 4.94. The van der Waals surface area contributed by atoms with Crippen LogP contribution < -0.4 is 10.9 Å². The zero-order valence-corrected chi connectivity index (χ0v) is 14.4. The molecule has 1 rings (SSSR count). The zero-order valence-electron chi connectivity index (χ0n) is 14.4. The van der Waals surface area contributed by atoms with Crippen LogP contribution in [0.1, 0.15) is 26.3 Å². The predicted molar refractivity (Wildman–Crippen MR) is 88.0 cm³/mol. The van der Waals surface area contributed by atoms with Crippen LogP contribution in [-0.4, -0.2) is 46.8 Å². The van der Waals surface area contributed by atoms with Gasteiger partial charge in [0.05, 0.1) is 0 Å². The lowest BCUT2D eigenvalue weighted by atomic mass is 10.2. The van der Waals surface area contributed by atoms with Gasteiger partial charge < -0.3 is 9.84 Å². The molecule has 0 aliphatic heterocycles.